The molecule has 0 spiro atoms. The van der Waals surface area contributed by atoms with Crippen LogP contribution < -0.4 is 10.2 Å². The molecule has 3 rings (SSSR count). The largest absolute Gasteiger partial charge is 0.337 e. The van der Waals surface area contributed by atoms with Crippen LogP contribution >= 0.6 is 0 Å². The molecule has 1 fully saturated rings. The lowest BCUT2D eigenvalue weighted by Crippen LogP contribution is -2.21. The van der Waals surface area contributed by atoms with Gasteiger partial charge in [-0.1, -0.05) is 0 Å². The quantitative estimate of drug-likeness (QED) is 0.853. The summed E-state index contributed by atoms with van der Waals surface area (Å²) >= 11 is 0. The Bertz CT molecular complexity index is 557. The van der Waals surface area contributed by atoms with Crippen LogP contribution in [-0.4, -0.2) is 32.6 Å². The fourth-order valence-electron chi connectivity index (χ4n) is 2.02. The Morgan fingerprint density at radius 3 is 2.65 bits per heavy atom. The maximum atomic E-state index is 4.42. The summed E-state index contributed by atoms with van der Waals surface area (Å²) in [6.07, 6.45) is 10.1. The lowest BCUT2D eigenvalue weighted by molar-refractivity contribution is 0.681. The molecule has 0 saturated heterocycles. The van der Waals surface area contributed by atoms with E-state index in [0.29, 0.717) is 12.6 Å². The van der Waals surface area contributed by atoms with Gasteiger partial charge in [-0.05, 0) is 12.8 Å². The van der Waals surface area contributed by atoms with Gasteiger partial charge >= 0.3 is 0 Å². The average Bonchev–Trinajstić information content (AvgIpc) is 3.21. The zero-order chi connectivity index (χ0) is 13.9. The molecule has 0 radical (unpaired) electrons. The summed E-state index contributed by atoms with van der Waals surface area (Å²) in [4.78, 5) is 15.2. The molecule has 106 valence electrons. The van der Waals surface area contributed by atoms with E-state index in [-0.39, 0.29) is 0 Å². The predicted molar refractivity (Wildman–Crippen MR) is 77.2 cm³/mol. The molecule has 0 amide bonds. The Morgan fingerprint density at radius 2 is 2.05 bits per heavy atom. The highest BCUT2D eigenvalue weighted by molar-refractivity contribution is 5.28. The van der Waals surface area contributed by atoms with Gasteiger partial charge in [0.25, 0.3) is 0 Å². The molecule has 6 nitrogen and oxygen atoms in total. The minimum atomic E-state index is 0.698. The van der Waals surface area contributed by atoms with Crippen molar-refractivity contribution >= 4 is 5.95 Å². The van der Waals surface area contributed by atoms with Gasteiger partial charge in [0.2, 0.25) is 5.95 Å². The van der Waals surface area contributed by atoms with Crippen LogP contribution in [0.5, 0.6) is 0 Å². The number of anilines is 1. The van der Waals surface area contributed by atoms with Gasteiger partial charge in [0, 0.05) is 57.0 Å². The number of rotatable bonds is 6. The van der Waals surface area contributed by atoms with Gasteiger partial charge in [-0.15, -0.1) is 0 Å². The summed E-state index contributed by atoms with van der Waals surface area (Å²) in [6.45, 7) is 1.55. The number of nitrogens with one attached hydrogen (secondary N) is 1. The van der Waals surface area contributed by atoms with Crippen molar-refractivity contribution in [1.82, 2.24) is 24.8 Å². The molecule has 2 heterocycles. The highest BCUT2D eigenvalue weighted by Gasteiger charge is 2.20. The van der Waals surface area contributed by atoms with Gasteiger partial charge in [-0.2, -0.15) is 0 Å². The summed E-state index contributed by atoms with van der Waals surface area (Å²) in [5, 5.41) is 3.46. The van der Waals surface area contributed by atoms with Gasteiger partial charge in [0.15, 0.2) is 0 Å². The van der Waals surface area contributed by atoms with E-state index < -0.39 is 0 Å². The second-order valence-corrected chi connectivity index (χ2v) is 5.36. The maximum Gasteiger partial charge on any atom is 0.225 e. The molecule has 0 aromatic carbocycles. The highest BCUT2D eigenvalue weighted by Crippen LogP contribution is 2.19. The van der Waals surface area contributed by atoms with Crippen LogP contribution in [0.15, 0.2) is 24.8 Å². The molecule has 2 aromatic rings. The minimum absolute atomic E-state index is 0.698. The first-order valence-corrected chi connectivity index (χ1v) is 6.94. The smallest absolute Gasteiger partial charge is 0.225 e. The summed E-state index contributed by atoms with van der Waals surface area (Å²) in [7, 11) is 3.97. The fraction of sp³-hybridized carbons (Fsp3) is 0.500. The molecule has 0 bridgehead atoms. The van der Waals surface area contributed by atoms with Gasteiger partial charge in [0.05, 0.1) is 6.54 Å². The van der Waals surface area contributed by atoms with Crippen molar-refractivity contribution in [3.8, 4) is 0 Å². The van der Waals surface area contributed by atoms with E-state index in [9.17, 15) is 0 Å². The van der Waals surface area contributed by atoms with Crippen molar-refractivity contribution in [2.75, 3.05) is 11.9 Å². The Balaban J connectivity index is 1.59. The number of aryl methyl sites for hydroxylation is 1. The highest BCUT2D eigenvalue weighted by atomic mass is 15.2. The molecule has 1 saturated carbocycles. The minimum Gasteiger partial charge on any atom is -0.337 e. The van der Waals surface area contributed by atoms with Crippen LogP contribution in [0.2, 0.25) is 0 Å². The standard InChI is InChI=1S/C14H20N6/c1-19-6-5-15-13(19)10-20(2)14-17-8-11(9-18-14)7-16-12-3-4-12/h5-6,8-9,12,16H,3-4,7,10H2,1-2H3. The van der Waals surface area contributed by atoms with Crippen molar-refractivity contribution in [3.05, 3.63) is 36.2 Å². The molecule has 6 heteroatoms. The van der Waals surface area contributed by atoms with E-state index in [2.05, 4.69) is 20.3 Å². The Kier molecular flexibility index (Phi) is 3.64. The molecule has 1 aliphatic carbocycles. The normalized spacial score (nSPS) is 14.5. The fourth-order valence-corrected chi connectivity index (χ4v) is 2.02. The summed E-state index contributed by atoms with van der Waals surface area (Å²) in [5.41, 5.74) is 1.13. The lowest BCUT2D eigenvalue weighted by atomic mass is 10.3. The van der Waals surface area contributed by atoms with Gasteiger partial charge in [-0.3, -0.25) is 0 Å². The van der Waals surface area contributed by atoms with Crippen molar-refractivity contribution in [2.24, 2.45) is 7.05 Å². The van der Waals surface area contributed by atoms with Crippen LogP contribution in [0.3, 0.4) is 0 Å². The van der Waals surface area contributed by atoms with Gasteiger partial charge in [-0.25, -0.2) is 15.0 Å². The third-order valence-electron chi connectivity index (χ3n) is 3.50. The lowest BCUT2D eigenvalue weighted by Gasteiger charge is -2.16. The first-order chi connectivity index (χ1) is 9.72. The van der Waals surface area contributed by atoms with Crippen LogP contribution in [-0.2, 0) is 20.1 Å². The molecule has 1 N–H and O–H groups in total. The first kappa shape index (κ1) is 13.1. The molecule has 1 aliphatic rings. The van der Waals surface area contributed by atoms with E-state index in [1.54, 1.807) is 6.20 Å². The Morgan fingerprint density at radius 1 is 1.30 bits per heavy atom. The Labute approximate surface area is 118 Å². The van der Waals surface area contributed by atoms with Crippen LogP contribution in [0, 0.1) is 0 Å². The molecular weight excluding hydrogens is 252 g/mol. The number of imidazole rings is 1. The molecule has 0 atom stereocenters. The zero-order valence-electron chi connectivity index (χ0n) is 12.0. The monoisotopic (exact) mass is 272 g/mol. The molecular formula is C14H20N6. The molecule has 20 heavy (non-hydrogen) atoms. The van der Waals surface area contributed by atoms with Crippen LogP contribution in [0.4, 0.5) is 5.95 Å². The van der Waals surface area contributed by atoms with E-state index in [1.807, 2.05) is 42.2 Å². The Hall–Kier alpha value is -1.95. The van der Waals surface area contributed by atoms with Crippen molar-refractivity contribution in [1.29, 1.82) is 0 Å². The van der Waals surface area contributed by atoms with Gasteiger partial charge in [0.1, 0.15) is 5.82 Å². The first-order valence-electron chi connectivity index (χ1n) is 6.94. The number of aromatic nitrogens is 4. The second-order valence-electron chi connectivity index (χ2n) is 5.36. The SMILES string of the molecule is CN(Cc1nccn1C)c1ncc(CNC2CC2)cn1. The third kappa shape index (κ3) is 3.14. The summed E-state index contributed by atoms with van der Waals surface area (Å²) in [6, 6.07) is 0.709. The topological polar surface area (TPSA) is 58.9 Å². The summed E-state index contributed by atoms with van der Waals surface area (Å²) < 4.78 is 2.00. The number of nitrogens with zero attached hydrogens (tertiary/aromatic N) is 5. The average molecular weight is 272 g/mol. The van der Waals surface area contributed by atoms with Gasteiger partial charge < -0.3 is 14.8 Å². The summed E-state index contributed by atoms with van der Waals surface area (Å²) in [5.74, 6) is 1.72. The van der Waals surface area contributed by atoms with E-state index in [1.165, 1.54) is 12.8 Å². The number of hydrogen-bond acceptors (Lipinski definition) is 5. The second kappa shape index (κ2) is 5.58. The molecule has 0 unspecified atom stereocenters. The zero-order valence-corrected chi connectivity index (χ0v) is 12.0. The molecule has 2 aromatic heterocycles. The maximum absolute atomic E-state index is 4.42. The van der Waals surface area contributed by atoms with Crippen molar-refractivity contribution in [3.63, 3.8) is 0 Å². The third-order valence-corrected chi connectivity index (χ3v) is 3.50. The number of hydrogen-bond donors (Lipinski definition) is 1. The van der Waals surface area contributed by atoms with Crippen LogP contribution in [0.1, 0.15) is 24.2 Å². The van der Waals surface area contributed by atoms with E-state index >= 15 is 0 Å². The predicted octanol–water partition coefficient (Wildman–Crippen LogP) is 1.10. The van der Waals surface area contributed by atoms with Crippen molar-refractivity contribution in [2.45, 2.75) is 32.0 Å². The van der Waals surface area contributed by atoms with Crippen molar-refractivity contribution < 1.29 is 0 Å². The molecule has 0 aliphatic heterocycles. The van der Waals surface area contributed by atoms with E-state index in [0.717, 1.165) is 23.9 Å². The van der Waals surface area contributed by atoms with Crippen LogP contribution in [0.25, 0.3) is 0 Å². The van der Waals surface area contributed by atoms with E-state index in [4.69, 9.17) is 0 Å².